The van der Waals surface area contributed by atoms with Crippen LogP contribution in [-0.4, -0.2) is 10.2 Å². The summed E-state index contributed by atoms with van der Waals surface area (Å²) >= 11 is 7.36. The molecule has 0 unspecified atom stereocenters. The molecule has 1 aromatic carbocycles. The summed E-state index contributed by atoms with van der Waals surface area (Å²) in [6.45, 7) is 0. The molecule has 76 valence electrons. The van der Waals surface area contributed by atoms with Crippen molar-refractivity contribution in [2.75, 3.05) is 5.73 Å². The molecule has 2 aromatic rings. The summed E-state index contributed by atoms with van der Waals surface area (Å²) in [5.74, 6) is 0.422. The van der Waals surface area contributed by atoms with Gasteiger partial charge in [-0.25, -0.2) is 0 Å². The fourth-order valence-electron chi connectivity index (χ4n) is 1.04. The van der Waals surface area contributed by atoms with Crippen LogP contribution in [0.4, 0.5) is 5.82 Å². The van der Waals surface area contributed by atoms with E-state index in [0.29, 0.717) is 10.8 Å². The molecular formula is C10H8ClN3S. The molecule has 0 aliphatic carbocycles. The zero-order chi connectivity index (χ0) is 10.7. The first-order valence-electron chi connectivity index (χ1n) is 4.27. The average molecular weight is 238 g/mol. The van der Waals surface area contributed by atoms with Crippen LogP contribution in [0, 0.1) is 0 Å². The van der Waals surface area contributed by atoms with Gasteiger partial charge in [0.1, 0.15) is 10.8 Å². The van der Waals surface area contributed by atoms with E-state index in [-0.39, 0.29) is 0 Å². The number of nitrogen functional groups attached to an aromatic ring is 1. The van der Waals surface area contributed by atoms with E-state index in [1.807, 2.05) is 30.3 Å². The Morgan fingerprint density at radius 3 is 2.67 bits per heavy atom. The van der Waals surface area contributed by atoms with Crippen LogP contribution in [0.5, 0.6) is 0 Å². The Morgan fingerprint density at radius 2 is 2.00 bits per heavy atom. The summed E-state index contributed by atoms with van der Waals surface area (Å²) in [6.07, 6.45) is 0. The standard InChI is InChI=1S/C10H8ClN3S/c11-7-2-1-3-8(6-7)15-10-5-4-9(12)13-14-10/h1-6H,(H2,12,13). The number of hydrogen-bond donors (Lipinski definition) is 1. The highest BCUT2D eigenvalue weighted by Crippen LogP contribution is 2.27. The van der Waals surface area contributed by atoms with Crippen LogP contribution in [0.2, 0.25) is 5.02 Å². The first-order chi connectivity index (χ1) is 7.24. The number of rotatable bonds is 2. The summed E-state index contributed by atoms with van der Waals surface area (Å²) in [5, 5.41) is 9.23. The number of aromatic nitrogens is 2. The molecule has 0 bridgehead atoms. The summed E-state index contributed by atoms with van der Waals surface area (Å²) < 4.78 is 0. The third kappa shape index (κ3) is 2.84. The maximum atomic E-state index is 5.87. The van der Waals surface area contributed by atoms with Crippen LogP contribution in [0.1, 0.15) is 0 Å². The van der Waals surface area contributed by atoms with Gasteiger partial charge in [0.25, 0.3) is 0 Å². The lowest BCUT2D eigenvalue weighted by molar-refractivity contribution is 0.939. The second-order valence-corrected chi connectivity index (χ2v) is 4.39. The molecule has 0 amide bonds. The molecule has 2 N–H and O–H groups in total. The SMILES string of the molecule is Nc1ccc(Sc2cccc(Cl)c2)nn1. The molecule has 0 aliphatic rings. The molecule has 1 aromatic heterocycles. The average Bonchev–Trinajstić information content (AvgIpc) is 2.22. The van der Waals surface area contributed by atoms with Gasteiger partial charge in [-0.05, 0) is 30.3 Å². The van der Waals surface area contributed by atoms with Gasteiger partial charge in [-0.1, -0.05) is 29.4 Å². The summed E-state index contributed by atoms with van der Waals surface area (Å²) in [7, 11) is 0. The predicted molar refractivity (Wildman–Crippen MR) is 62.0 cm³/mol. The van der Waals surface area contributed by atoms with Crippen LogP contribution in [0.3, 0.4) is 0 Å². The van der Waals surface area contributed by atoms with Crippen molar-refractivity contribution in [2.24, 2.45) is 0 Å². The third-order valence-electron chi connectivity index (χ3n) is 1.68. The minimum atomic E-state index is 0.422. The lowest BCUT2D eigenvalue weighted by Crippen LogP contribution is -1.92. The maximum absolute atomic E-state index is 5.87. The van der Waals surface area contributed by atoms with Crippen molar-refractivity contribution >= 4 is 29.2 Å². The van der Waals surface area contributed by atoms with Gasteiger partial charge in [-0.3, -0.25) is 0 Å². The van der Waals surface area contributed by atoms with E-state index >= 15 is 0 Å². The minimum Gasteiger partial charge on any atom is -0.382 e. The van der Waals surface area contributed by atoms with Crippen LogP contribution in [0.15, 0.2) is 46.3 Å². The fourth-order valence-corrected chi connectivity index (χ4v) is 2.08. The van der Waals surface area contributed by atoms with E-state index in [4.69, 9.17) is 17.3 Å². The number of nitrogens with zero attached hydrogens (tertiary/aromatic N) is 2. The second kappa shape index (κ2) is 4.51. The molecule has 0 aliphatic heterocycles. The Balaban J connectivity index is 2.18. The highest BCUT2D eigenvalue weighted by Gasteiger charge is 1.99. The summed E-state index contributed by atoms with van der Waals surface area (Å²) in [6, 6.07) is 11.1. The smallest absolute Gasteiger partial charge is 0.146 e. The van der Waals surface area contributed by atoms with Gasteiger partial charge in [0, 0.05) is 9.92 Å². The normalized spacial score (nSPS) is 10.2. The van der Waals surface area contributed by atoms with Crippen molar-refractivity contribution in [1.82, 2.24) is 10.2 Å². The van der Waals surface area contributed by atoms with E-state index in [1.165, 1.54) is 11.8 Å². The van der Waals surface area contributed by atoms with E-state index in [9.17, 15) is 0 Å². The van der Waals surface area contributed by atoms with E-state index in [0.717, 1.165) is 9.92 Å². The van der Waals surface area contributed by atoms with E-state index in [2.05, 4.69) is 10.2 Å². The van der Waals surface area contributed by atoms with Crippen molar-refractivity contribution < 1.29 is 0 Å². The zero-order valence-electron chi connectivity index (χ0n) is 7.72. The molecule has 1 heterocycles. The van der Waals surface area contributed by atoms with Gasteiger partial charge in [0.2, 0.25) is 0 Å². The number of anilines is 1. The highest BCUT2D eigenvalue weighted by molar-refractivity contribution is 7.99. The highest BCUT2D eigenvalue weighted by atomic mass is 35.5. The Kier molecular flexibility index (Phi) is 3.08. The molecule has 0 spiro atoms. The van der Waals surface area contributed by atoms with Crippen molar-refractivity contribution in [3.8, 4) is 0 Å². The number of benzene rings is 1. The number of nitrogens with two attached hydrogens (primary N) is 1. The van der Waals surface area contributed by atoms with Crippen LogP contribution in [0.25, 0.3) is 0 Å². The Morgan fingerprint density at radius 1 is 1.13 bits per heavy atom. The Hall–Kier alpha value is -1.26. The van der Waals surface area contributed by atoms with Crippen LogP contribution < -0.4 is 5.73 Å². The first-order valence-corrected chi connectivity index (χ1v) is 5.46. The number of hydrogen-bond acceptors (Lipinski definition) is 4. The van der Waals surface area contributed by atoms with Crippen molar-refractivity contribution in [3.05, 3.63) is 41.4 Å². The topological polar surface area (TPSA) is 51.8 Å². The van der Waals surface area contributed by atoms with E-state index in [1.54, 1.807) is 6.07 Å². The molecule has 3 nitrogen and oxygen atoms in total. The molecule has 5 heteroatoms. The number of halogens is 1. The lowest BCUT2D eigenvalue weighted by atomic mass is 10.4. The van der Waals surface area contributed by atoms with E-state index < -0.39 is 0 Å². The molecule has 0 saturated carbocycles. The van der Waals surface area contributed by atoms with Gasteiger partial charge in [-0.15, -0.1) is 10.2 Å². The van der Waals surface area contributed by atoms with Gasteiger partial charge < -0.3 is 5.73 Å². The molecule has 15 heavy (non-hydrogen) atoms. The van der Waals surface area contributed by atoms with Gasteiger partial charge in [0.05, 0.1) is 0 Å². The van der Waals surface area contributed by atoms with Gasteiger partial charge in [0.15, 0.2) is 0 Å². The van der Waals surface area contributed by atoms with Crippen LogP contribution >= 0.6 is 23.4 Å². The fraction of sp³-hybridized carbons (Fsp3) is 0. The Bertz CT molecular complexity index is 458. The maximum Gasteiger partial charge on any atom is 0.146 e. The molecule has 0 saturated heterocycles. The molecule has 0 atom stereocenters. The van der Waals surface area contributed by atoms with Gasteiger partial charge >= 0.3 is 0 Å². The van der Waals surface area contributed by atoms with Crippen molar-refractivity contribution in [3.63, 3.8) is 0 Å². The molecule has 2 rings (SSSR count). The predicted octanol–water partition coefficient (Wildman–Crippen LogP) is 2.86. The largest absolute Gasteiger partial charge is 0.382 e. The monoisotopic (exact) mass is 237 g/mol. The summed E-state index contributed by atoms with van der Waals surface area (Å²) in [5.41, 5.74) is 5.44. The zero-order valence-corrected chi connectivity index (χ0v) is 9.29. The summed E-state index contributed by atoms with van der Waals surface area (Å²) in [4.78, 5) is 1.03. The van der Waals surface area contributed by atoms with Crippen molar-refractivity contribution in [2.45, 2.75) is 9.92 Å². The van der Waals surface area contributed by atoms with Gasteiger partial charge in [-0.2, -0.15) is 0 Å². The Labute approximate surface area is 96.7 Å². The molecule has 0 fully saturated rings. The third-order valence-corrected chi connectivity index (χ3v) is 2.83. The van der Waals surface area contributed by atoms with Crippen LogP contribution in [-0.2, 0) is 0 Å². The molecule has 0 radical (unpaired) electrons. The second-order valence-electron chi connectivity index (χ2n) is 2.86. The first kappa shape index (κ1) is 10.3. The van der Waals surface area contributed by atoms with Crippen molar-refractivity contribution in [1.29, 1.82) is 0 Å². The quantitative estimate of drug-likeness (QED) is 0.873. The molecular weight excluding hydrogens is 230 g/mol. The minimum absolute atomic E-state index is 0.422. The lowest BCUT2D eigenvalue weighted by Gasteiger charge is -2.00.